The number of amides is 1. The maximum atomic E-state index is 12.8. The van der Waals surface area contributed by atoms with Gasteiger partial charge in [-0.1, -0.05) is 6.42 Å². The molecule has 1 aromatic carbocycles. The minimum Gasteiger partial charge on any atom is -0.495 e. The van der Waals surface area contributed by atoms with Gasteiger partial charge in [-0.25, -0.2) is 8.42 Å². The maximum Gasteiger partial charge on any atom is 0.246 e. The summed E-state index contributed by atoms with van der Waals surface area (Å²) in [5, 5.41) is 2.65. The van der Waals surface area contributed by atoms with Crippen molar-refractivity contribution in [1.29, 1.82) is 0 Å². The lowest BCUT2D eigenvalue weighted by molar-refractivity contribution is -0.116. The highest BCUT2D eigenvalue weighted by Crippen LogP contribution is 2.31. The Labute approximate surface area is 136 Å². The smallest absolute Gasteiger partial charge is 0.246 e. The number of piperidine rings is 1. The largest absolute Gasteiger partial charge is 0.495 e. The molecule has 7 nitrogen and oxygen atoms in total. The second kappa shape index (κ2) is 7.76. The van der Waals surface area contributed by atoms with Gasteiger partial charge < -0.3 is 15.8 Å². The highest BCUT2D eigenvalue weighted by atomic mass is 32.2. The van der Waals surface area contributed by atoms with Crippen LogP contribution in [0.4, 0.5) is 5.69 Å². The molecule has 1 heterocycles. The molecule has 8 heteroatoms. The molecule has 3 N–H and O–H groups in total. The number of hydrogen-bond acceptors (Lipinski definition) is 5. The predicted octanol–water partition coefficient (Wildman–Crippen LogP) is 1.16. The van der Waals surface area contributed by atoms with E-state index in [4.69, 9.17) is 10.5 Å². The van der Waals surface area contributed by atoms with Crippen molar-refractivity contribution in [2.24, 2.45) is 5.73 Å². The van der Waals surface area contributed by atoms with Crippen molar-refractivity contribution in [3.05, 3.63) is 18.2 Å². The molecule has 0 aliphatic carbocycles. The summed E-state index contributed by atoms with van der Waals surface area (Å²) in [6.45, 7) is 1.26. The number of rotatable bonds is 6. The van der Waals surface area contributed by atoms with E-state index in [1.165, 1.54) is 17.5 Å². The Bertz CT molecular complexity index is 655. The van der Waals surface area contributed by atoms with E-state index in [0.717, 1.165) is 19.3 Å². The Balaban J connectivity index is 2.33. The standard InChI is InChI=1S/C15H23N3O4S/c1-22-13-6-5-12(17-15(19)7-8-16)11-14(13)23(20,21)18-9-3-2-4-10-18/h5-6,11H,2-4,7-10,16H2,1H3,(H,17,19). The van der Waals surface area contributed by atoms with Crippen LogP contribution in [0.15, 0.2) is 23.1 Å². The first-order chi connectivity index (χ1) is 11.0. The van der Waals surface area contributed by atoms with Crippen LogP contribution in [0, 0.1) is 0 Å². The van der Waals surface area contributed by atoms with E-state index in [-0.39, 0.29) is 29.5 Å². The molecule has 1 aliphatic heterocycles. The summed E-state index contributed by atoms with van der Waals surface area (Å²) in [7, 11) is -2.22. The van der Waals surface area contributed by atoms with E-state index in [1.54, 1.807) is 12.1 Å². The van der Waals surface area contributed by atoms with Gasteiger partial charge in [0, 0.05) is 31.7 Å². The Morgan fingerprint density at radius 3 is 2.61 bits per heavy atom. The number of carbonyl (C=O) groups excluding carboxylic acids is 1. The Morgan fingerprint density at radius 1 is 1.30 bits per heavy atom. The quantitative estimate of drug-likeness (QED) is 0.808. The Kier molecular flexibility index (Phi) is 5.97. The molecule has 2 rings (SSSR count). The minimum absolute atomic E-state index is 0.0763. The Hall–Kier alpha value is -1.64. The predicted molar refractivity (Wildman–Crippen MR) is 87.9 cm³/mol. The van der Waals surface area contributed by atoms with Crippen molar-refractivity contribution in [3.8, 4) is 5.75 Å². The summed E-state index contributed by atoms with van der Waals surface area (Å²) in [4.78, 5) is 11.7. The van der Waals surface area contributed by atoms with Crippen molar-refractivity contribution < 1.29 is 17.9 Å². The van der Waals surface area contributed by atoms with Crippen LogP contribution in [-0.4, -0.2) is 45.4 Å². The zero-order chi connectivity index (χ0) is 16.9. The third-order valence-electron chi connectivity index (χ3n) is 3.75. The third kappa shape index (κ3) is 4.21. The molecule has 0 aromatic heterocycles. The molecule has 0 radical (unpaired) electrons. The SMILES string of the molecule is COc1ccc(NC(=O)CCN)cc1S(=O)(=O)N1CCCCC1. The van der Waals surface area contributed by atoms with Gasteiger partial charge in [0.25, 0.3) is 0 Å². The number of methoxy groups -OCH3 is 1. The van der Waals surface area contributed by atoms with Crippen LogP contribution in [0.3, 0.4) is 0 Å². The average molecular weight is 341 g/mol. The van der Waals surface area contributed by atoms with Crippen LogP contribution >= 0.6 is 0 Å². The van der Waals surface area contributed by atoms with Gasteiger partial charge in [0.1, 0.15) is 10.6 Å². The fourth-order valence-corrected chi connectivity index (χ4v) is 4.25. The molecular formula is C15H23N3O4S. The van der Waals surface area contributed by atoms with Crippen molar-refractivity contribution >= 4 is 21.6 Å². The first-order valence-electron chi connectivity index (χ1n) is 7.67. The normalized spacial score (nSPS) is 16.1. The average Bonchev–Trinajstić information content (AvgIpc) is 2.56. The second-order valence-electron chi connectivity index (χ2n) is 5.42. The van der Waals surface area contributed by atoms with Gasteiger partial charge in [0.05, 0.1) is 7.11 Å². The van der Waals surface area contributed by atoms with E-state index >= 15 is 0 Å². The maximum absolute atomic E-state index is 12.8. The highest BCUT2D eigenvalue weighted by molar-refractivity contribution is 7.89. The van der Waals surface area contributed by atoms with Gasteiger partial charge in [-0.2, -0.15) is 4.31 Å². The van der Waals surface area contributed by atoms with Crippen molar-refractivity contribution in [1.82, 2.24) is 4.31 Å². The minimum atomic E-state index is -3.64. The number of hydrogen-bond donors (Lipinski definition) is 2. The number of benzene rings is 1. The first kappa shape index (κ1) is 17.7. The van der Waals surface area contributed by atoms with Crippen molar-refractivity contribution in [3.63, 3.8) is 0 Å². The molecule has 0 unspecified atom stereocenters. The summed E-state index contributed by atoms with van der Waals surface area (Å²) >= 11 is 0. The lowest BCUT2D eigenvalue weighted by atomic mass is 10.2. The zero-order valence-electron chi connectivity index (χ0n) is 13.2. The van der Waals surface area contributed by atoms with E-state index in [9.17, 15) is 13.2 Å². The molecule has 1 aromatic rings. The monoisotopic (exact) mass is 341 g/mol. The van der Waals surface area contributed by atoms with Crippen LogP contribution in [0.1, 0.15) is 25.7 Å². The van der Waals surface area contributed by atoms with Crippen LogP contribution < -0.4 is 15.8 Å². The Morgan fingerprint density at radius 2 is 2.00 bits per heavy atom. The molecular weight excluding hydrogens is 318 g/mol. The van der Waals surface area contributed by atoms with Gasteiger partial charge in [0.2, 0.25) is 15.9 Å². The number of carbonyl (C=O) groups is 1. The van der Waals surface area contributed by atoms with Crippen LogP contribution in [0.25, 0.3) is 0 Å². The van der Waals surface area contributed by atoms with Crippen LogP contribution in [-0.2, 0) is 14.8 Å². The number of nitrogens with two attached hydrogens (primary N) is 1. The molecule has 1 amide bonds. The zero-order valence-corrected chi connectivity index (χ0v) is 14.1. The van der Waals surface area contributed by atoms with Crippen molar-refractivity contribution in [2.75, 3.05) is 32.1 Å². The van der Waals surface area contributed by atoms with E-state index in [2.05, 4.69) is 5.32 Å². The van der Waals surface area contributed by atoms with Gasteiger partial charge in [-0.3, -0.25) is 4.79 Å². The van der Waals surface area contributed by atoms with Gasteiger partial charge in [-0.05, 0) is 31.0 Å². The number of sulfonamides is 1. The van der Waals surface area contributed by atoms with Crippen LogP contribution in [0.2, 0.25) is 0 Å². The fourth-order valence-electron chi connectivity index (χ4n) is 2.55. The van der Waals surface area contributed by atoms with Crippen LogP contribution in [0.5, 0.6) is 5.75 Å². The number of nitrogens with zero attached hydrogens (tertiary/aromatic N) is 1. The van der Waals surface area contributed by atoms with E-state index < -0.39 is 10.0 Å². The third-order valence-corrected chi connectivity index (χ3v) is 5.67. The molecule has 0 spiro atoms. The van der Waals surface area contributed by atoms with Crippen molar-refractivity contribution in [2.45, 2.75) is 30.6 Å². The molecule has 1 fully saturated rings. The van der Waals surface area contributed by atoms with E-state index in [0.29, 0.717) is 18.8 Å². The van der Waals surface area contributed by atoms with E-state index in [1.807, 2.05) is 0 Å². The summed E-state index contributed by atoms with van der Waals surface area (Å²) in [6.07, 6.45) is 2.93. The summed E-state index contributed by atoms with van der Waals surface area (Å²) < 4.78 is 32.4. The van der Waals surface area contributed by atoms with Gasteiger partial charge in [-0.15, -0.1) is 0 Å². The molecule has 1 aliphatic rings. The summed E-state index contributed by atoms with van der Waals surface area (Å²) in [5.41, 5.74) is 5.76. The molecule has 0 bridgehead atoms. The molecule has 23 heavy (non-hydrogen) atoms. The number of ether oxygens (including phenoxy) is 1. The highest BCUT2D eigenvalue weighted by Gasteiger charge is 2.29. The molecule has 128 valence electrons. The summed E-state index contributed by atoms with van der Waals surface area (Å²) in [5.74, 6) is 0.0198. The van der Waals surface area contributed by atoms with Gasteiger partial charge >= 0.3 is 0 Å². The lowest BCUT2D eigenvalue weighted by Gasteiger charge is -2.26. The number of anilines is 1. The molecule has 0 saturated carbocycles. The second-order valence-corrected chi connectivity index (χ2v) is 7.32. The molecule has 0 atom stereocenters. The number of nitrogens with one attached hydrogen (secondary N) is 1. The topological polar surface area (TPSA) is 102 Å². The lowest BCUT2D eigenvalue weighted by Crippen LogP contribution is -2.35. The van der Waals surface area contributed by atoms with Gasteiger partial charge in [0.15, 0.2) is 0 Å². The first-order valence-corrected chi connectivity index (χ1v) is 9.11. The fraction of sp³-hybridized carbons (Fsp3) is 0.533. The summed E-state index contributed by atoms with van der Waals surface area (Å²) in [6, 6.07) is 4.61. The molecule has 1 saturated heterocycles.